The molecule has 0 spiro atoms. The van der Waals surface area contributed by atoms with Crippen LogP contribution in [0.3, 0.4) is 0 Å². The van der Waals surface area contributed by atoms with Crippen molar-refractivity contribution < 1.29 is 22.7 Å². The Hall–Kier alpha value is -2.65. The van der Waals surface area contributed by atoms with E-state index in [1.165, 1.54) is 18.5 Å². The van der Waals surface area contributed by atoms with Crippen molar-refractivity contribution in [3.8, 4) is 11.5 Å². The Morgan fingerprint density at radius 1 is 1.04 bits per heavy atom. The first kappa shape index (κ1) is 20.1. The minimum Gasteiger partial charge on any atom is -0.493 e. The van der Waals surface area contributed by atoms with E-state index in [-0.39, 0.29) is 5.75 Å². The Morgan fingerprint density at radius 3 is 2.29 bits per heavy atom. The van der Waals surface area contributed by atoms with Crippen LogP contribution in [0.25, 0.3) is 0 Å². The fourth-order valence-corrected chi connectivity index (χ4v) is 4.74. The van der Waals surface area contributed by atoms with Gasteiger partial charge in [0.1, 0.15) is 0 Å². The molecule has 2 N–H and O–H groups in total. The highest BCUT2D eigenvalue weighted by Gasteiger charge is 2.30. The Bertz CT molecular complexity index is 997. The first-order chi connectivity index (χ1) is 13.3. The summed E-state index contributed by atoms with van der Waals surface area (Å²) in [5.41, 5.74) is 1.27. The first-order valence-electron chi connectivity index (χ1n) is 8.44. The predicted molar refractivity (Wildman–Crippen MR) is 109 cm³/mol. The van der Waals surface area contributed by atoms with Gasteiger partial charge in [-0.3, -0.25) is 4.31 Å². The number of amides is 2. The molecule has 0 unspecified atom stereocenters. The van der Waals surface area contributed by atoms with Gasteiger partial charge in [-0.15, -0.1) is 0 Å². The van der Waals surface area contributed by atoms with Crippen LogP contribution in [-0.4, -0.2) is 41.0 Å². The third-order valence-electron chi connectivity index (χ3n) is 4.21. The number of sulfonamides is 1. The van der Waals surface area contributed by atoms with Gasteiger partial charge in [0.05, 0.1) is 30.7 Å². The van der Waals surface area contributed by atoms with E-state index in [4.69, 9.17) is 21.1 Å². The number of ether oxygens (including phenoxy) is 2. The molecule has 150 valence electrons. The van der Waals surface area contributed by atoms with Crippen LogP contribution in [-0.2, 0) is 10.0 Å². The highest BCUT2D eigenvalue weighted by molar-refractivity contribution is 7.93. The molecule has 8 nitrogen and oxygen atoms in total. The van der Waals surface area contributed by atoms with Crippen molar-refractivity contribution in [3.05, 3.63) is 41.4 Å². The van der Waals surface area contributed by atoms with Crippen molar-refractivity contribution >= 4 is 44.7 Å². The van der Waals surface area contributed by atoms with Crippen LogP contribution in [0.5, 0.6) is 11.5 Å². The number of urea groups is 1. The minimum absolute atomic E-state index is 0.0841. The average Bonchev–Trinajstić information content (AvgIpc) is 3.02. The molecule has 0 atom stereocenters. The van der Waals surface area contributed by atoms with Gasteiger partial charge in [-0.05, 0) is 36.8 Å². The van der Waals surface area contributed by atoms with Crippen LogP contribution in [0, 0.1) is 0 Å². The SMILES string of the molecule is COc1ccc(NC(=O)Nc2ccc(Cl)c(N3CCCS3(=O)=O)c2)cc1OC. The zero-order valence-corrected chi connectivity index (χ0v) is 16.9. The summed E-state index contributed by atoms with van der Waals surface area (Å²) in [7, 11) is -0.348. The van der Waals surface area contributed by atoms with Gasteiger partial charge in [0.2, 0.25) is 10.0 Å². The van der Waals surface area contributed by atoms with Gasteiger partial charge in [0.25, 0.3) is 0 Å². The van der Waals surface area contributed by atoms with E-state index in [2.05, 4.69) is 10.6 Å². The maximum Gasteiger partial charge on any atom is 0.323 e. The number of carbonyl (C=O) groups excluding carboxylic acids is 1. The van der Waals surface area contributed by atoms with E-state index in [9.17, 15) is 13.2 Å². The lowest BCUT2D eigenvalue weighted by atomic mass is 10.2. The van der Waals surface area contributed by atoms with Gasteiger partial charge >= 0.3 is 6.03 Å². The molecule has 1 saturated heterocycles. The summed E-state index contributed by atoms with van der Waals surface area (Å²) in [6, 6.07) is 9.17. The van der Waals surface area contributed by atoms with Crippen molar-refractivity contribution in [3.63, 3.8) is 0 Å². The normalized spacial score (nSPS) is 15.2. The van der Waals surface area contributed by atoms with Gasteiger partial charge in [-0.25, -0.2) is 13.2 Å². The number of anilines is 3. The fourth-order valence-electron chi connectivity index (χ4n) is 2.90. The fraction of sp³-hybridized carbons (Fsp3) is 0.278. The van der Waals surface area contributed by atoms with Gasteiger partial charge in [-0.1, -0.05) is 11.6 Å². The summed E-state index contributed by atoms with van der Waals surface area (Å²) in [6.45, 7) is 0.364. The summed E-state index contributed by atoms with van der Waals surface area (Å²) in [6.07, 6.45) is 0.538. The monoisotopic (exact) mass is 425 g/mol. The Labute approximate surface area is 168 Å². The molecule has 1 fully saturated rings. The molecule has 1 aliphatic heterocycles. The lowest BCUT2D eigenvalue weighted by Gasteiger charge is -2.19. The number of hydrogen-bond donors (Lipinski definition) is 2. The molecule has 10 heteroatoms. The lowest BCUT2D eigenvalue weighted by Crippen LogP contribution is -2.26. The van der Waals surface area contributed by atoms with Crippen LogP contribution in [0.4, 0.5) is 21.9 Å². The smallest absolute Gasteiger partial charge is 0.323 e. The number of nitrogens with zero attached hydrogens (tertiary/aromatic N) is 1. The summed E-state index contributed by atoms with van der Waals surface area (Å²) >= 11 is 6.17. The molecule has 0 aromatic heterocycles. The average molecular weight is 426 g/mol. The number of carbonyl (C=O) groups is 1. The number of methoxy groups -OCH3 is 2. The molecule has 0 aliphatic carbocycles. The van der Waals surface area contributed by atoms with E-state index in [0.29, 0.717) is 46.5 Å². The zero-order chi connectivity index (χ0) is 20.3. The molecule has 0 radical (unpaired) electrons. The third-order valence-corrected chi connectivity index (χ3v) is 6.39. The van der Waals surface area contributed by atoms with Crippen molar-refractivity contribution in [1.29, 1.82) is 0 Å². The Kier molecular flexibility index (Phi) is 5.85. The second-order valence-corrected chi connectivity index (χ2v) is 8.48. The van der Waals surface area contributed by atoms with Crippen LogP contribution >= 0.6 is 11.6 Å². The van der Waals surface area contributed by atoms with Crippen molar-refractivity contribution in [2.75, 3.05) is 41.5 Å². The molecule has 2 aromatic carbocycles. The van der Waals surface area contributed by atoms with Gasteiger partial charge in [0, 0.05) is 24.0 Å². The number of rotatable bonds is 5. The number of hydrogen-bond acceptors (Lipinski definition) is 5. The minimum atomic E-state index is -3.38. The maximum atomic E-state index is 12.3. The number of benzene rings is 2. The topological polar surface area (TPSA) is 97.0 Å². The van der Waals surface area contributed by atoms with Crippen LogP contribution in [0.1, 0.15) is 6.42 Å². The number of halogens is 1. The molecule has 0 saturated carbocycles. The number of nitrogens with one attached hydrogen (secondary N) is 2. The van der Waals surface area contributed by atoms with Crippen LogP contribution < -0.4 is 24.4 Å². The molecule has 1 aliphatic rings. The summed E-state index contributed by atoms with van der Waals surface area (Å²) in [4.78, 5) is 12.3. The predicted octanol–water partition coefficient (Wildman–Crippen LogP) is 3.54. The van der Waals surface area contributed by atoms with Crippen molar-refractivity contribution in [1.82, 2.24) is 0 Å². The van der Waals surface area contributed by atoms with E-state index < -0.39 is 16.1 Å². The largest absolute Gasteiger partial charge is 0.493 e. The van der Waals surface area contributed by atoms with Crippen LogP contribution in [0.2, 0.25) is 5.02 Å². The van der Waals surface area contributed by atoms with Crippen LogP contribution in [0.15, 0.2) is 36.4 Å². The first-order valence-corrected chi connectivity index (χ1v) is 10.4. The van der Waals surface area contributed by atoms with E-state index in [0.717, 1.165) is 0 Å². The molecular weight excluding hydrogens is 406 g/mol. The summed E-state index contributed by atoms with van der Waals surface area (Å²) in [5.74, 6) is 1.11. The summed E-state index contributed by atoms with van der Waals surface area (Å²) in [5, 5.41) is 5.66. The van der Waals surface area contributed by atoms with Gasteiger partial charge in [0.15, 0.2) is 11.5 Å². The standard InChI is InChI=1S/C18H20ClN3O5S/c1-26-16-7-5-13(11-17(16)27-2)21-18(23)20-12-4-6-14(19)15(10-12)22-8-3-9-28(22,24)25/h4-7,10-11H,3,8-9H2,1-2H3,(H2,20,21,23). The highest BCUT2D eigenvalue weighted by Crippen LogP contribution is 2.34. The second kappa shape index (κ2) is 8.15. The Balaban J connectivity index is 1.75. The molecule has 1 heterocycles. The second-order valence-electron chi connectivity index (χ2n) is 6.06. The van der Waals surface area contributed by atoms with Gasteiger partial charge in [-0.2, -0.15) is 0 Å². The molecule has 3 rings (SSSR count). The van der Waals surface area contributed by atoms with Crippen molar-refractivity contribution in [2.45, 2.75) is 6.42 Å². The van der Waals surface area contributed by atoms with Crippen molar-refractivity contribution in [2.24, 2.45) is 0 Å². The van der Waals surface area contributed by atoms with E-state index in [1.54, 1.807) is 36.4 Å². The maximum absolute atomic E-state index is 12.3. The van der Waals surface area contributed by atoms with E-state index in [1.807, 2.05) is 0 Å². The highest BCUT2D eigenvalue weighted by atomic mass is 35.5. The zero-order valence-electron chi connectivity index (χ0n) is 15.4. The molecule has 0 bridgehead atoms. The quantitative estimate of drug-likeness (QED) is 0.763. The summed E-state index contributed by atoms with van der Waals surface area (Å²) < 4.78 is 35.9. The van der Waals surface area contributed by atoms with E-state index >= 15 is 0 Å². The molecular formula is C18H20ClN3O5S. The lowest BCUT2D eigenvalue weighted by molar-refractivity contribution is 0.262. The molecule has 2 amide bonds. The third kappa shape index (κ3) is 4.26. The molecule has 2 aromatic rings. The Morgan fingerprint density at radius 2 is 1.68 bits per heavy atom. The molecule has 28 heavy (non-hydrogen) atoms. The van der Waals surface area contributed by atoms with Gasteiger partial charge < -0.3 is 20.1 Å².